The Bertz CT molecular complexity index is 566. The fraction of sp³-hybridized carbons (Fsp3) is 0.789. The normalized spacial score (nSPS) is 22.9. The zero-order chi connectivity index (χ0) is 17.6. The third kappa shape index (κ3) is 5.54. The van der Waals surface area contributed by atoms with Crippen molar-refractivity contribution in [3.05, 3.63) is 17.5 Å². The Morgan fingerprint density at radius 3 is 2.84 bits per heavy atom. The first-order valence-electron chi connectivity index (χ1n) is 9.74. The van der Waals surface area contributed by atoms with Crippen molar-refractivity contribution >= 4 is 5.91 Å². The van der Waals surface area contributed by atoms with Crippen LogP contribution < -0.4 is 5.32 Å². The molecule has 0 spiro atoms. The van der Waals surface area contributed by atoms with Crippen molar-refractivity contribution in [3.8, 4) is 0 Å². The van der Waals surface area contributed by atoms with Gasteiger partial charge in [-0.1, -0.05) is 19.3 Å². The maximum atomic E-state index is 12.2. The lowest BCUT2D eigenvalue weighted by Gasteiger charge is -2.33. The molecule has 25 heavy (non-hydrogen) atoms. The van der Waals surface area contributed by atoms with Crippen LogP contribution in [0.1, 0.15) is 49.9 Å². The predicted octanol–water partition coefficient (Wildman–Crippen LogP) is 2.04. The van der Waals surface area contributed by atoms with E-state index < -0.39 is 0 Å². The van der Waals surface area contributed by atoms with Crippen molar-refractivity contribution in [2.75, 3.05) is 26.2 Å². The van der Waals surface area contributed by atoms with Crippen molar-refractivity contribution < 1.29 is 9.53 Å². The molecule has 1 atom stereocenters. The summed E-state index contributed by atoms with van der Waals surface area (Å²) >= 11 is 0. The fourth-order valence-corrected chi connectivity index (χ4v) is 3.95. The first-order chi connectivity index (χ1) is 12.1. The standard InChI is InChI=1S/C19H32N4O2/c1-15-12-16(2)23(21-15)14-18-13-22(10-11-25-18)9-8-19(24)20-17-6-4-3-5-7-17/h12,17-18H,3-11,13-14H2,1-2H3,(H,20,24)/t18-/m0/s1. The van der Waals surface area contributed by atoms with Gasteiger partial charge in [-0.15, -0.1) is 0 Å². The van der Waals surface area contributed by atoms with Gasteiger partial charge in [-0.3, -0.25) is 14.4 Å². The van der Waals surface area contributed by atoms with E-state index in [2.05, 4.69) is 28.3 Å². The molecule has 3 rings (SSSR count). The predicted molar refractivity (Wildman–Crippen MR) is 97.5 cm³/mol. The number of carbonyl (C=O) groups excluding carboxylic acids is 1. The summed E-state index contributed by atoms with van der Waals surface area (Å²) in [7, 11) is 0. The number of rotatable bonds is 6. The number of ether oxygens (including phenoxy) is 1. The molecule has 1 N–H and O–H groups in total. The third-order valence-electron chi connectivity index (χ3n) is 5.33. The molecule has 0 radical (unpaired) electrons. The van der Waals surface area contributed by atoms with Crippen molar-refractivity contribution in [2.24, 2.45) is 0 Å². The molecule has 140 valence electrons. The van der Waals surface area contributed by atoms with E-state index in [4.69, 9.17) is 4.74 Å². The quantitative estimate of drug-likeness (QED) is 0.855. The molecular formula is C19H32N4O2. The number of hydrogen-bond donors (Lipinski definition) is 1. The maximum Gasteiger partial charge on any atom is 0.221 e. The van der Waals surface area contributed by atoms with Gasteiger partial charge in [0.05, 0.1) is 24.9 Å². The number of aromatic nitrogens is 2. The Balaban J connectivity index is 1.40. The summed E-state index contributed by atoms with van der Waals surface area (Å²) in [6, 6.07) is 2.50. The van der Waals surface area contributed by atoms with E-state index in [1.54, 1.807) is 0 Å². The Morgan fingerprint density at radius 2 is 2.12 bits per heavy atom. The lowest BCUT2D eigenvalue weighted by atomic mass is 9.95. The van der Waals surface area contributed by atoms with Crippen LogP contribution >= 0.6 is 0 Å². The van der Waals surface area contributed by atoms with E-state index in [1.165, 1.54) is 25.0 Å². The van der Waals surface area contributed by atoms with Gasteiger partial charge in [0.2, 0.25) is 5.91 Å². The van der Waals surface area contributed by atoms with Gasteiger partial charge >= 0.3 is 0 Å². The van der Waals surface area contributed by atoms with E-state index >= 15 is 0 Å². The van der Waals surface area contributed by atoms with E-state index in [0.29, 0.717) is 12.5 Å². The average Bonchev–Trinajstić information content (AvgIpc) is 2.91. The van der Waals surface area contributed by atoms with Crippen molar-refractivity contribution in [2.45, 2.75) is 71.1 Å². The fourth-order valence-electron chi connectivity index (χ4n) is 3.95. The van der Waals surface area contributed by atoms with Crippen molar-refractivity contribution in [3.63, 3.8) is 0 Å². The monoisotopic (exact) mass is 348 g/mol. The van der Waals surface area contributed by atoms with Crippen LogP contribution in [0, 0.1) is 13.8 Å². The number of nitrogens with zero attached hydrogens (tertiary/aromatic N) is 3. The highest BCUT2D eigenvalue weighted by atomic mass is 16.5. The molecule has 0 aromatic carbocycles. The molecule has 2 fully saturated rings. The van der Waals surface area contributed by atoms with Gasteiger partial charge in [0.25, 0.3) is 0 Å². The minimum Gasteiger partial charge on any atom is -0.374 e. The molecule has 2 heterocycles. The largest absolute Gasteiger partial charge is 0.374 e. The SMILES string of the molecule is Cc1cc(C)n(C[C@@H]2CN(CCC(=O)NC3CCCCC3)CCO2)n1. The van der Waals surface area contributed by atoms with E-state index in [1.807, 2.05) is 11.6 Å². The molecule has 0 unspecified atom stereocenters. The lowest BCUT2D eigenvalue weighted by Crippen LogP contribution is -2.46. The van der Waals surface area contributed by atoms with Crippen LogP contribution in [0.5, 0.6) is 0 Å². The average molecular weight is 348 g/mol. The molecule has 1 aromatic heterocycles. The molecule has 2 aliphatic rings. The number of nitrogens with one attached hydrogen (secondary N) is 1. The number of morpholine rings is 1. The first-order valence-corrected chi connectivity index (χ1v) is 9.74. The summed E-state index contributed by atoms with van der Waals surface area (Å²) in [6.45, 7) is 8.20. The smallest absolute Gasteiger partial charge is 0.221 e. The third-order valence-corrected chi connectivity index (χ3v) is 5.33. The Morgan fingerprint density at radius 1 is 1.32 bits per heavy atom. The van der Waals surface area contributed by atoms with Crippen LogP contribution in [-0.2, 0) is 16.1 Å². The molecule has 1 saturated carbocycles. The molecular weight excluding hydrogens is 316 g/mol. The van der Waals surface area contributed by atoms with E-state index in [0.717, 1.165) is 51.3 Å². The van der Waals surface area contributed by atoms with E-state index in [-0.39, 0.29) is 12.0 Å². The molecule has 1 aromatic rings. The van der Waals surface area contributed by atoms with Gasteiger partial charge in [-0.25, -0.2) is 0 Å². The minimum atomic E-state index is 0.146. The van der Waals surface area contributed by atoms with E-state index in [9.17, 15) is 4.79 Å². The van der Waals surface area contributed by atoms with Gasteiger partial charge < -0.3 is 10.1 Å². The van der Waals surface area contributed by atoms with Gasteiger partial charge in [0, 0.05) is 37.8 Å². The van der Waals surface area contributed by atoms with Crippen LogP contribution in [0.4, 0.5) is 0 Å². The highest BCUT2D eigenvalue weighted by Gasteiger charge is 2.23. The van der Waals surface area contributed by atoms with Crippen LogP contribution in [0.3, 0.4) is 0 Å². The molecule has 1 aliphatic heterocycles. The lowest BCUT2D eigenvalue weighted by molar-refractivity contribution is -0.122. The molecule has 1 aliphatic carbocycles. The van der Waals surface area contributed by atoms with Gasteiger partial charge in [-0.2, -0.15) is 5.10 Å². The molecule has 0 bridgehead atoms. The molecule has 6 heteroatoms. The Hall–Kier alpha value is -1.40. The van der Waals surface area contributed by atoms with Crippen molar-refractivity contribution in [1.82, 2.24) is 20.0 Å². The molecule has 1 saturated heterocycles. The van der Waals surface area contributed by atoms with Crippen LogP contribution in [-0.4, -0.2) is 59.0 Å². The summed E-state index contributed by atoms with van der Waals surface area (Å²) in [5.41, 5.74) is 2.22. The summed E-state index contributed by atoms with van der Waals surface area (Å²) in [4.78, 5) is 14.5. The molecule has 6 nitrogen and oxygen atoms in total. The number of aryl methyl sites for hydroxylation is 2. The van der Waals surface area contributed by atoms with Gasteiger partial charge in [0.1, 0.15) is 0 Å². The number of carbonyl (C=O) groups is 1. The van der Waals surface area contributed by atoms with Crippen LogP contribution in [0.15, 0.2) is 6.07 Å². The molecule has 1 amide bonds. The summed E-state index contributed by atoms with van der Waals surface area (Å²) in [5.74, 6) is 0.202. The topological polar surface area (TPSA) is 59.4 Å². The minimum absolute atomic E-state index is 0.146. The number of hydrogen-bond acceptors (Lipinski definition) is 4. The van der Waals surface area contributed by atoms with Crippen molar-refractivity contribution in [1.29, 1.82) is 0 Å². The zero-order valence-electron chi connectivity index (χ0n) is 15.7. The first kappa shape index (κ1) is 18.4. The second kappa shape index (κ2) is 8.81. The van der Waals surface area contributed by atoms with Gasteiger partial charge in [-0.05, 0) is 32.8 Å². The second-order valence-corrected chi connectivity index (χ2v) is 7.56. The zero-order valence-corrected chi connectivity index (χ0v) is 15.7. The maximum absolute atomic E-state index is 12.2. The highest BCUT2D eigenvalue weighted by molar-refractivity contribution is 5.76. The summed E-state index contributed by atoms with van der Waals surface area (Å²) in [5, 5.41) is 7.73. The summed E-state index contributed by atoms with van der Waals surface area (Å²) < 4.78 is 7.93. The highest BCUT2D eigenvalue weighted by Crippen LogP contribution is 2.17. The van der Waals surface area contributed by atoms with Gasteiger partial charge in [0.15, 0.2) is 0 Å². The Labute approximate surface area is 150 Å². The van der Waals surface area contributed by atoms with Crippen LogP contribution in [0.2, 0.25) is 0 Å². The Kier molecular flexibility index (Phi) is 6.48. The number of amides is 1. The summed E-state index contributed by atoms with van der Waals surface area (Å²) in [6.07, 6.45) is 6.85. The van der Waals surface area contributed by atoms with Crippen LogP contribution in [0.25, 0.3) is 0 Å². The second-order valence-electron chi connectivity index (χ2n) is 7.56.